The van der Waals surface area contributed by atoms with Gasteiger partial charge in [-0.25, -0.2) is 4.98 Å². The molecule has 4 heteroatoms. The summed E-state index contributed by atoms with van der Waals surface area (Å²) in [5.41, 5.74) is 7.84. The molecule has 14 heavy (non-hydrogen) atoms. The van der Waals surface area contributed by atoms with Crippen molar-refractivity contribution in [2.45, 2.75) is 25.7 Å². The van der Waals surface area contributed by atoms with E-state index in [1.807, 2.05) is 0 Å². The fourth-order valence-corrected chi connectivity index (χ4v) is 1.98. The highest BCUT2D eigenvalue weighted by molar-refractivity contribution is 5.16. The van der Waals surface area contributed by atoms with Crippen molar-refractivity contribution in [3.05, 3.63) is 17.2 Å². The van der Waals surface area contributed by atoms with E-state index in [0.717, 1.165) is 31.0 Å². The van der Waals surface area contributed by atoms with E-state index in [-0.39, 0.29) is 0 Å². The van der Waals surface area contributed by atoms with Gasteiger partial charge in [-0.2, -0.15) is 0 Å². The van der Waals surface area contributed by atoms with Crippen molar-refractivity contribution in [3.63, 3.8) is 0 Å². The van der Waals surface area contributed by atoms with Crippen molar-refractivity contribution in [1.29, 1.82) is 0 Å². The molecular weight excluding hydrogens is 176 g/mol. The van der Waals surface area contributed by atoms with Crippen LogP contribution in [-0.4, -0.2) is 29.6 Å². The van der Waals surface area contributed by atoms with E-state index in [1.165, 1.54) is 12.1 Å². The van der Waals surface area contributed by atoms with Crippen LogP contribution in [0.5, 0.6) is 0 Å². The SMILES string of the molecule is Cc1[nH]c(C2CCNC2)nc1CCN. The first kappa shape index (κ1) is 9.68. The number of nitrogens with zero attached hydrogens (tertiary/aromatic N) is 1. The van der Waals surface area contributed by atoms with Gasteiger partial charge in [-0.3, -0.25) is 0 Å². The first-order valence-corrected chi connectivity index (χ1v) is 5.27. The van der Waals surface area contributed by atoms with Gasteiger partial charge in [-0.1, -0.05) is 0 Å². The molecule has 0 bridgehead atoms. The molecule has 2 rings (SSSR count). The average Bonchev–Trinajstić information content (AvgIpc) is 2.76. The molecule has 0 aliphatic carbocycles. The van der Waals surface area contributed by atoms with Gasteiger partial charge in [0.25, 0.3) is 0 Å². The Morgan fingerprint density at radius 2 is 2.43 bits per heavy atom. The van der Waals surface area contributed by atoms with Gasteiger partial charge in [0.2, 0.25) is 0 Å². The molecule has 78 valence electrons. The van der Waals surface area contributed by atoms with Crippen LogP contribution >= 0.6 is 0 Å². The Hall–Kier alpha value is -0.870. The lowest BCUT2D eigenvalue weighted by molar-refractivity contribution is 0.710. The number of hydrogen-bond acceptors (Lipinski definition) is 3. The van der Waals surface area contributed by atoms with E-state index in [4.69, 9.17) is 5.73 Å². The van der Waals surface area contributed by atoms with E-state index in [1.54, 1.807) is 0 Å². The van der Waals surface area contributed by atoms with Crippen LogP contribution in [0, 0.1) is 6.92 Å². The highest BCUT2D eigenvalue weighted by atomic mass is 15.0. The third-order valence-electron chi connectivity index (χ3n) is 2.83. The molecule has 1 atom stereocenters. The topological polar surface area (TPSA) is 66.7 Å². The van der Waals surface area contributed by atoms with Crippen molar-refractivity contribution in [3.8, 4) is 0 Å². The summed E-state index contributed by atoms with van der Waals surface area (Å²) in [6, 6.07) is 0. The molecule has 2 heterocycles. The monoisotopic (exact) mass is 194 g/mol. The number of H-pyrrole nitrogens is 1. The number of imidazole rings is 1. The third kappa shape index (κ3) is 1.81. The van der Waals surface area contributed by atoms with Gasteiger partial charge >= 0.3 is 0 Å². The first-order chi connectivity index (χ1) is 6.81. The van der Waals surface area contributed by atoms with Crippen LogP contribution < -0.4 is 11.1 Å². The van der Waals surface area contributed by atoms with Gasteiger partial charge in [0.05, 0.1) is 5.69 Å². The zero-order chi connectivity index (χ0) is 9.97. The van der Waals surface area contributed by atoms with Crippen LogP contribution in [0.3, 0.4) is 0 Å². The number of rotatable bonds is 3. The normalized spacial score (nSPS) is 21.7. The molecule has 0 radical (unpaired) electrons. The number of aromatic amines is 1. The van der Waals surface area contributed by atoms with Gasteiger partial charge in [0, 0.05) is 24.6 Å². The maximum atomic E-state index is 5.53. The van der Waals surface area contributed by atoms with Crippen LogP contribution in [0.1, 0.15) is 29.6 Å². The number of hydrogen-bond donors (Lipinski definition) is 3. The average molecular weight is 194 g/mol. The van der Waals surface area contributed by atoms with Crippen LogP contribution in [-0.2, 0) is 6.42 Å². The summed E-state index contributed by atoms with van der Waals surface area (Å²) in [6.45, 7) is 4.91. The summed E-state index contributed by atoms with van der Waals surface area (Å²) in [5, 5.41) is 3.35. The van der Waals surface area contributed by atoms with Crippen molar-refractivity contribution >= 4 is 0 Å². The van der Waals surface area contributed by atoms with E-state index in [2.05, 4.69) is 22.2 Å². The van der Waals surface area contributed by atoms with Crippen LogP contribution in [0.25, 0.3) is 0 Å². The molecular formula is C10H18N4. The Labute approximate surface area is 84.3 Å². The summed E-state index contributed by atoms with van der Waals surface area (Å²) < 4.78 is 0. The first-order valence-electron chi connectivity index (χ1n) is 5.27. The van der Waals surface area contributed by atoms with Crippen molar-refractivity contribution < 1.29 is 0 Å². The fraction of sp³-hybridized carbons (Fsp3) is 0.700. The summed E-state index contributed by atoms with van der Waals surface area (Å²) >= 11 is 0. The second-order valence-electron chi connectivity index (χ2n) is 3.92. The summed E-state index contributed by atoms with van der Waals surface area (Å²) in [4.78, 5) is 7.97. The van der Waals surface area contributed by atoms with Crippen molar-refractivity contribution in [2.24, 2.45) is 5.73 Å². The number of aryl methyl sites for hydroxylation is 1. The molecule has 4 nitrogen and oxygen atoms in total. The van der Waals surface area contributed by atoms with Crippen LogP contribution in [0.4, 0.5) is 0 Å². The number of aromatic nitrogens is 2. The third-order valence-corrected chi connectivity index (χ3v) is 2.83. The second-order valence-corrected chi connectivity index (χ2v) is 3.92. The summed E-state index contributed by atoms with van der Waals surface area (Å²) in [5.74, 6) is 1.70. The van der Waals surface area contributed by atoms with Gasteiger partial charge in [-0.15, -0.1) is 0 Å². The zero-order valence-corrected chi connectivity index (χ0v) is 8.64. The summed E-state index contributed by atoms with van der Waals surface area (Å²) in [6.07, 6.45) is 2.07. The zero-order valence-electron chi connectivity index (χ0n) is 8.64. The molecule has 1 aliphatic heterocycles. The van der Waals surface area contributed by atoms with Gasteiger partial charge < -0.3 is 16.0 Å². The molecule has 1 aliphatic rings. The van der Waals surface area contributed by atoms with Crippen LogP contribution in [0.15, 0.2) is 0 Å². The summed E-state index contributed by atoms with van der Waals surface area (Å²) in [7, 11) is 0. The van der Waals surface area contributed by atoms with E-state index in [9.17, 15) is 0 Å². The highest BCUT2D eigenvalue weighted by Gasteiger charge is 2.20. The lowest BCUT2D eigenvalue weighted by Gasteiger charge is -2.02. The maximum Gasteiger partial charge on any atom is 0.111 e. The molecule has 1 aromatic rings. The molecule has 1 unspecified atom stereocenters. The molecule has 1 aromatic heterocycles. The van der Waals surface area contributed by atoms with Gasteiger partial charge in [0.1, 0.15) is 5.82 Å². The van der Waals surface area contributed by atoms with Crippen molar-refractivity contribution in [2.75, 3.05) is 19.6 Å². The smallest absolute Gasteiger partial charge is 0.111 e. The van der Waals surface area contributed by atoms with Crippen LogP contribution in [0.2, 0.25) is 0 Å². The van der Waals surface area contributed by atoms with E-state index >= 15 is 0 Å². The number of nitrogens with one attached hydrogen (secondary N) is 2. The highest BCUT2D eigenvalue weighted by Crippen LogP contribution is 2.20. The van der Waals surface area contributed by atoms with E-state index in [0.29, 0.717) is 12.5 Å². The predicted octanol–water partition coefficient (Wildman–Crippen LogP) is 0.296. The molecule has 4 N–H and O–H groups in total. The van der Waals surface area contributed by atoms with Gasteiger partial charge in [0.15, 0.2) is 0 Å². The minimum absolute atomic E-state index is 0.570. The Morgan fingerprint density at radius 1 is 1.57 bits per heavy atom. The van der Waals surface area contributed by atoms with Crippen molar-refractivity contribution in [1.82, 2.24) is 15.3 Å². The molecule has 0 amide bonds. The molecule has 0 spiro atoms. The Morgan fingerprint density at radius 3 is 3.07 bits per heavy atom. The molecule has 1 saturated heterocycles. The lowest BCUT2D eigenvalue weighted by atomic mass is 10.1. The molecule has 0 saturated carbocycles. The predicted molar refractivity (Wildman–Crippen MR) is 56.3 cm³/mol. The number of nitrogens with two attached hydrogens (primary N) is 1. The van der Waals surface area contributed by atoms with E-state index < -0.39 is 0 Å². The maximum absolute atomic E-state index is 5.53. The minimum Gasteiger partial charge on any atom is -0.346 e. The quantitative estimate of drug-likeness (QED) is 0.648. The second kappa shape index (κ2) is 4.11. The standard InChI is InChI=1S/C10H18N4/c1-7-9(2-4-11)14-10(13-7)8-3-5-12-6-8/h8,12H,2-6,11H2,1H3,(H,13,14). The largest absolute Gasteiger partial charge is 0.346 e. The Balaban J connectivity index is 2.14. The lowest BCUT2D eigenvalue weighted by Crippen LogP contribution is -2.09. The van der Waals surface area contributed by atoms with Gasteiger partial charge in [-0.05, 0) is 26.4 Å². The molecule has 1 fully saturated rings. The fourth-order valence-electron chi connectivity index (χ4n) is 1.98. The molecule has 0 aromatic carbocycles. The Bertz CT molecular complexity index is 299. The Kier molecular flexibility index (Phi) is 2.84. The minimum atomic E-state index is 0.570.